The van der Waals surface area contributed by atoms with Crippen LogP contribution in [0.4, 0.5) is 0 Å². The number of hydrogen-bond donors (Lipinski definition) is 1. The summed E-state index contributed by atoms with van der Waals surface area (Å²) in [5, 5.41) is 9.91. The summed E-state index contributed by atoms with van der Waals surface area (Å²) in [6.45, 7) is 6.79. The van der Waals surface area contributed by atoms with Gasteiger partial charge < -0.3 is 9.67 Å². The van der Waals surface area contributed by atoms with E-state index in [2.05, 4.69) is 0 Å². The number of benzene rings is 1. The summed E-state index contributed by atoms with van der Waals surface area (Å²) >= 11 is 0. The van der Waals surface area contributed by atoms with Crippen LogP contribution in [0.3, 0.4) is 0 Å². The van der Waals surface area contributed by atoms with Crippen molar-refractivity contribution in [2.24, 2.45) is 0 Å². The van der Waals surface area contributed by atoms with E-state index >= 15 is 0 Å². The third-order valence-corrected chi connectivity index (χ3v) is 3.37. The molecule has 100 valence electrons. The second-order valence-electron chi connectivity index (χ2n) is 4.91. The quantitative estimate of drug-likeness (QED) is 0.857. The predicted octanol–water partition coefficient (Wildman–Crippen LogP) is 3.30. The molecule has 1 heterocycles. The number of aldehydes is 1. The van der Waals surface area contributed by atoms with Crippen LogP contribution in [-0.4, -0.2) is 21.9 Å². The van der Waals surface area contributed by atoms with Crippen LogP contribution in [0.2, 0.25) is 0 Å². The lowest BCUT2D eigenvalue weighted by molar-refractivity contribution is 0.0696. The van der Waals surface area contributed by atoms with E-state index in [0.717, 1.165) is 29.3 Å². The van der Waals surface area contributed by atoms with E-state index in [-0.39, 0.29) is 11.5 Å². The summed E-state index contributed by atoms with van der Waals surface area (Å²) in [5.74, 6) is -0.772. The third-order valence-electron chi connectivity index (χ3n) is 3.37. The molecule has 2 aromatic rings. The van der Waals surface area contributed by atoms with Gasteiger partial charge in [0.05, 0.1) is 11.1 Å². The summed E-state index contributed by atoms with van der Waals surface area (Å²) in [6.07, 6.45) is 2.57. The molecule has 0 saturated heterocycles. The van der Waals surface area contributed by atoms with Crippen molar-refractivity contribution in [3.8, 4) is 0 Å². The van der Waals surface area contributed by atoms with Crippen LogP contribution in [0.5, 0.6) is 0 Å². The van der Waals surface area contributed by atoms with Crippen LogP contribution in [0.15, 0.2) is 18.3 Å². The van der Waals surface area contributed by atoms with Crippen molar-refractivity contribution in [2.75, 3.05) is 0 Å². The summed E-state index contributed by atoms with van der Waals surface area (Å²) in [4.78, 5) is 22.4. The second-order valence-corrected chi connectivity index (χ2v) is 4.91. The lowest BCUT2D eigenvalue weighted by atomic mass is 9.96. The minimum Gasteiger partial charge on any atom is -0.478 e. The fraction of sp³-hybridized carbons (Fsp3) is 0.333. The molecule has 0 aliphatic heterocycles. The molecular weight excluding hydrogens is 242 g/mol. The number of aromatic nitrogens is 1. The molecule has 0 aliphatic rings. The van der Waals surface area contributed by atoms with Crippen molar-refractivity contribution >= 4 is 23.2 Å². The van der Waals surface area contributed by atoms with E-state index in [0.29, 0.717) is 5.56 Å². The molecule has 2 rings (SSSR count). The average Bonchev–Trinajstić information content (AvgIpc) is 2.75. The van der Waals surface area contributed by atoms with Crippen LogP contribution < -0.4 is 0 Å². The average molecular weight is 259 g/mol. The summed E-state index contributed by atoms with van der Waals surface area (Å²) in [6, 6.07) is 3.29. The van der Waals surface area contributed by atoms with Crippen LogP contribution in [0, 0.1) is 0 Å². The lowest BCUT2D eigenvalue weighted by Gasteiger charge is -2.12. The molecule has 1 N–H and O–H groups in total. The normalized spacial score (nSPS) is 11.2. The maximum absolute atomic E-state index is 11.2. The van der Waals surface area contributed by atoms with Crippen molar-refractivity contribution in [3.63, 3.8) is 0 Å². The zero-order chi connectivity index (χ0) is 14.2. The number of carbonyl (C=O) groups excluding carboxylic acids is 1. The van der Waals surface area contributed by atoms with E-state index < -0.39 is 5.97 Å². The topological polar surface area (TPSA) is 59.3 Å². The number of rotatable bonds is 4. The number of carboxylic acids is 1. The molecule has 0 unspecified atom stereocenters. The minimum atomic E-state index is -0.968. The standard InChI is InChI=1S/C15H17NO3/c1-4-16-7-11(8-17)13-6-10(15(18)19)5-12(9(2)3)14(13)16/h5-9H,4H2,1-3H3,(H,18,19). The Bertz CT molecular complexity index is 653. The van der Waals surface area contributed by atoms with E-state index in [1.54, 1.807) is 18.3 Å². The maximum Gasteiger partial charge on any atom is 0.335 e. The van der Waals surface area contributed by atoms with Gasteiger partial charge in [0.2, 0.25) is 0 Å². The number of carbonyl (C=O) groups is 2. The Labute approximate surface area is 111 Å². The first kappa shape index (κ1) is 13.3. The van der Waals surface area contributed by atoms with Gasteiger partial charge in [0, 0.05) is 23.7 Å². The van der Waals surface area contributed by atoms with Gasteiger partial charge in [-0.15, -0.1) is 0 Å². The molecule has 0 amide bonds. The SMILES string of the molecule is CCn1cc(C=O)c2cc(C(=O)O)cc(C(C)C)c21. The fourth-order valence-electron chi connectivity index (χ4n) is 2.41. The number of carboxylic acid groups (broad SMARTS) is 1. The minimum absolute atomic E-state index is 0.196. The van der Waals surface area contributed by atoms with Crippen molar-refractivity contribution in [1.29, 1.82) is 0 Å². The maximum atomic E-state index is 11.2. The van der Waals surface area contributed by atoms with E-state index in [1.807, 2.05) is 25.3 Å². The van der Waals surface area contributed by atoms with Gasteiger partial charge in [-0.05, 0) is 30.5 Å². The molecule has 0 aliphatic carbocycles. The van der Waals surface area contributed by atoms with Gasteiger partial charge in [0.25, 0.3) is 0 Å². The van der Waals surface area contributed by atoms with Gasteiger partial charge >= 0.3 is 5.97 Å². The Morgan fingerprint density at radius 2 is 2.11 bits per heavy atom. The van der Waals surface area contributed by atoms with Crippen molar-refractivity contribution in [1.82, 2.24) is 4.57 Å². The highest BCUT2D eigenvalue weighted by Gasteiger charge is 2.17. The molecule has 4 heteroatoms. The van der Waals surface area contributed by atoms with Crippen molar-refractivity contribution < 1.29 is 14.7 Å². The Morgan fingerprint density at radius 1 is 1.42 bits per heavy atom. The summed E-state index contributed by atoms with van der Waals surface area (Å²) < 4.78 is 2.00. The Morgan fingerprint density at radius 3 is 2.58 bits per heavy atom. The van der Waals surface area contributed by atoms with Crippen LogP contribution in [0.25, 0.3) is 10.9 Å². The number of aryl methyl sites for hydroxylation is 1. The van der Waals surface area contributed by atoms with Crippen molar-refractivity contribution in [2.45, 2.75) is 33.2 Å². The Hall–Kier alpha value is -2.10. The first-order valence-electron chi connectivity index (χ1n) is 6.34. The van der Waals surface area contributed by atoms with Gasteiger partial charge in [-0.25, -0.2) is 4.79 Å². The molecular formula is C15H17NO3. The van der Waals surface area contributed by atoms with E-state index in [1.165, 1.54) is 0 Å². The number of fused-ring (bicyclic) bond motifs is 1. The van der Waals surface area contributed by atoms with E-state index in [9.17, 15) is 14.7 Å². The second kappa shape index (κ2) is 4.88. The van der Waals surface area contributed by atoms with E-state index in [4.69, 9.17) is 0 Å². The largest absolute Gasteiger partial charge is 0.478 e. The van der Waals surface area contributed by atoms with Gasteiger partial charge in [0.1, 0.15) is 0 Å². The number of aromatic carboxylic acids is 1. The highest BCUT2D eigenvalue weighted by atomic mass is 16.4. The summed E-state index contributed by atoms with van der Waals surface area (Å²) in [7, 11) is 0. The zero-order valence-electron chi connectivity index (χ0n) is 11.3. The monoisotopic (exact) mass is 259 g/mol. The molecule has 0 spiro atoms. The highest BCUT2D eigenvalue weighted by molar-refractivity contribution is 6.03. The number of nitrogens with zero attached hydrogens (tertiary/aromatic N) is 1. The fourth-order valence-corrected chi connectivity index (χ4v) is 2.41. The molecule has 0 atom stereocenters. The van der Waals surface area contributed by atoms with Crippen LogP contribution in [-0.2, 0) is 6.54 Å². The van der Waals surface area contributed by atoms with Crippen LogP contribution in [0.1, 0.15) is 53.0 Å². The zero-order valence-corrected chi connectivity index (χ0v) is 11.3. The van der Waals surface area contributed by atoms with Gasteiger partial charge in [-0.1, -0.05) is 13.8 Å². The highest BCUT2D eigenvalue weighted by Crippen LogP contribution is 2.30. The van der Waals surface area contributed by atoms with Crippen molar-refractivity contribution in [3.05, 3.63) is 35.0 Å². The molecule has 1 aromatic carbocycles. The molecule has 19 heavy (non-hydrogen) atoms. The molecule has 0 bridgehead atoms. The lowest BCUT2D eigenvalue weighted by Crippen LogP contribution is -2.02. The van der Waals surface area contributed by atoms with Gasteiger partial charge in [-0.3, -0.25) is 4.79 Å². The first-order chi connectivity index (χ1) is 8.99. The molecule has 0 radical (unpaired) electrons. The Balaban J connectivity index is 2.91. The molecule has 0 saturated carbocycles. The molecule has 4 nitrogen and oxygen atoms in total. The Kier molecular flexibility index (Phi) is 3.42. The smallest absolute Gasteiger partial charge is 0.335 e. The number of hydrogen-bond acceptors (Lipinski definition) is 2. The molecule has 1 aromatic heterocycles. The first-order valence-corrected chi connectivity index (χ1v) is 6.34. The van der Waals surface area contributed by atoms with Gasteiger partial charge in [0.15, 0.2) is 6.29 Å². The summed E-state index contributed by atoms with van der Waals surface area (Å²) in [5.41, 5.74) is 2.70. The van der Waals surface area contributed by atoms with Crippen LogP contribution >= 0.6 is 0 Å². The van der Waals surface area contributed by atoms with Gasteiger partial charge in [-0.2, -0.15) is 0 Å². The third kappa shape index (κ3) is 2.14. The molecule has 0 fully saturated rings. The predicted molar refractivity (Wildman–Crippen MR) is 74.0 cm³/mol.